The van der Waals surface area contributed by atoms with Gasteiger partial charge in [0.1, 0.15) is 0 Å². The predicted octanol–water partition coefficient (Wildman–Crippen LogP) is 2.66. The van der Waals surface area contributed by atoms with Crippen LogP contribution in [0.3, 0.4) is 0 Å². The van der Waals surface area contributed by atoms with Gasteiger partial charge in [0.25, 0.3) is 10.1 Å². The van der Waals surface area contributed by atoms with Gasteiger partial charge in [-0.2, -0.15) is 8.42 Å². The monoisotopic (exact) mass is 236 g/mol. The number of benzene rings is 1. The molecular weight excluding hydrogens is 224 g/mol. The summed E-state index contributed by atoms with van der Waals surface area (Å²) in [6, 6.07) is 8.87. The van der Waals surface area contributed by atoms with Crippen LogP contribution in [0.2, 0.25) is 0 Å². The lowest BCUT2D eigenvalue weighted by molar-refractivity contribution is 0.492. The van der Waals surface area contributed by atoms with Gasteiger partial charge in [-0.15, -0.1) is 0 Å². The molecule has 1 aromatic carbocycles. The number of rotatable bonds is 4. The maximum atomic E-state index is 11.0. The molecular formula is C12H12O3S. The number of hydrogen-bond donors (Lipinski definition) is 1. The normalized spacial score (nSPS) is 12.9. The van der Waals surface area contributed by atoms with Crippen LogP contribution >= 0.6 is 0 Å². The van der Waals surface area contributed by atoms with Crippen molar-refractivity contribution in [2.75, 3.05) is 0 Å². The van der Waals surface area contributed by atoms with E-state index in [9.17, 15) is 8.42 Å². The third kappa shape index (κ3) is 3.84. The molecule has 4 heteroatoms. The second kappa shape index (κ2) is 5.44. The Morgan fingerprint density at radius 2 is 1.88 bits per heavy atom. The molecule has 0 aliphatic carbocycles. The Morgan fingerprint density at radius 3 is 2.38 bits per heavy atom. The molecule has 0 aromatic heterocycles. The van der Waals surface area contributed by atoms with Crippen molar-refractivity contribution in [2.24, 2.45) is 0 Å². The van der Waals surface area contributed by atoms with Crippen molar-refractivity contribution in [1.82, 2.24) is 0 Å². The summed E-state index contributed by atoms with van der Waals surface area (Å²) in [6.45, 7) is 3.43. The Kier molecular flexibility index (Phi) is 4.22. The number of allylic oxidation sites excluding steroid dienone is 3. The molecule has 0 atom stereocenters. The lowest BCUT2D eigenvalue weighted by atomic mass is 10.2. The van der Waals surface area contributed by atoms with Gasteiger partial charge in [0.05, 0.1) is 4.91 Å². The smallest absolute Gasteiger partial charge is 0.282 e. The largest absolute Gasteiger partial charge is 0.294 e. The molecule has 84 valence electrons. The fraction of sp³-hybridized carbons (Fsp3) is 0. The van der Waals surface area contributed by atoms with Crippen LogP contribution in [-0.4, -0.2) is 13.0 Å². The van der Waals surface area contributed by atoms with Crippen LogP contribution in [0.25, 0.3) is 6.08 Å². The highest BCUT2D eigenvalue weighted by molar-refractivity contribution is 7.90. The molecule has 0 aliphatic rings. The third-order valence-corrected chi connectivity index (χ3v) is 2.65. The van der Waals surface area contributed by atoms with Crippen molar-refractivity contribution < 1.29 is 13.0 Å². The molecule has 1 N–H and O–H groups in total. The highest BCUT2D eigenvalue weighted by atomic mass is 32.2. The second-order valence-corrected chi connectivity index (χ2v) is 4.45. The maximum absolute atomic E-state index is 11.0. The summed E-state index contributed by atoms with van der Waals surface area (Å²) in [4.78, 5) is -0.168. The van der Waals surface area contributed by atoms with Crippen molar-refractivity contribution in [3.05, 3.63) is 65.6 Å². The Balaban J connectivity index is 3.17. The topological polar surface area (TPSA) is 54.4 Å². The fourth-order valence-electron chi connectivity index (χ4n) is 1.08. The first-order valence-electron chi connectivity index (χ1n) is 4.57. The summed E-state index contributed by atoms with van der Waals surface area (Å²) in [5, 5.41) is 0. The fourth-order valence-corrected chi connectivity index (χ4v) is 1.62. The predicted molar refractivity (Wildman–Crippen MR) is 65.3 cm³/mol. The first-order chi connectivity index (χ1) is 7.54. The summed E-state index contributed by atoms with van der Waals surface area (Å²) in [5.41, 5.74) is 0.698. The van der Waals surface area contributed by atoms with Crippen LogP contribution < -0.4 is 0 Å². The highest BCUT2D eigenvalue weighted by Crippen LogP contribution is 2.12. The quantitative estimate of drug-likeness (QED) is 0.646. The van der Waals surface area contributed by atoms with Crippen molar-refractivity contribution in [3.8, 4) is 0 Å². The van der Waals surface area contributed by atoms with Crippen molar-refractivity contribution in [2.45, 2.75) is 0 Å². The summed E-state index contributed by atoms with van der Waals surface area (Å²) < 4.78 is 31.1. The average Bonchev–Trinajstić information content (AvgIpc) is 2.24. The van der Waals surface area contributed by atoms with Gasteiger partial charge in [0.2, 0.25) is 0 Å². The van der Waals surface area contributed by atoms with E-state index in [1.165, 1.54) is 24.3 Å². The SMILES string of the molecule is C=CC=CC(=Cc1ccccc1)S(=O)(=O)O. The molecule has 16 heavy (non-hydrogen) atoms. The average molecular weight is 236 g/mol. The standard InChI is InChI=1S/C12H12O3S/c1-2-3-9-12(16(13,14)15)10-11-7-5-4-6-8-11/h2-10H,1H2,(H,13,14,15). The van der Waals surface area contributed by atoms with Crippen molar-refractivity contribution in [1.29, 1.82) is 0 Å². The van der Waals surface area contributed by atoms with Crippen LogP contribution in [0.4, 0.5) is 0 Å². The molecule has 0 unspecified atom stereocenters. The Bertz CT molecular complexity index is 510. The summed E-state index contributed by atoms with van der Waals surface area (Å²) >= 11 is 0. The lowest BCUT2D eigenvalue weighted by Gasteiger charge is -1.98. The van der Waals surface area contributed by atoms with E-state index in [2.05, 4.69) is 6.58 Å². The van der Waals surface area contributed by atoms with Gasteiger partial charge in [-0.05, 0) is 17.7 Å². The Hall–Kier alpha value is -1.65. The van der Waals surface area contributed by atoms with Gasteiger partial charge in [-0.1, -0.05) is 49.1 Å². The third-order valence-electron chi connectivity index (χ3n) is 1.80. The van der Waals surface area contributed by atoms with Crippen molar-refractivity contribution in [3.63, 3.8) is 0 Å². The minimum absolute atomic E-state index is 0.168. The molecule has 0 radical (unpaired) electrons. The van der Waals surface area contributed by atoms with Gasteiger partial charge in [0, 0.05) is 0 Å². The minimum Gasteiger partial charge on any atom is -0.282 e. The Labute approximate surface area is 95.2 Å². The van der Waals surface area contributed by atoms with Crippen LogP contribution in [0.5, 0.6) is 0 Å². The van der Waals surface area contributed by atoms with Gasteiger partial charge in [-0.3, -0.25) is 4.55 Å². The molecule has 3 nitrogen and oxygen atoms in total. The summed E-state index contributed by atoms with van der Waals surface area (Å²) in [6.07, 6.45) is 5.55. The van der Waals surface area contributed by atoms with Crippen LogP contribution in [0.15, 0.2) is 60.0 Å². The molecule has 1 aromatic rings. The van der Waals surface area contributed by atoms with Crippen LogP contribution in [-0.2, 0) is 10.1 Å². The van der Waals surface area contributed by atoms with E-state index < -0.39 is 10.1 Å². The Morgan fingerprint density at radius 1 is 1.25 bits per heavy atom. The van der Waals surface area contributed by atoms with Gasteiger partial charge in [-0.25, -0.2) is 0 Å². The zero-order valence-electron chi connectivity index (χ0n) is 8.58. The molecule has 0 aliphatic heterocycles. The molecule has 0 heterocycles. The lowest BCUT2D eigenvalue weighted by Crippen LogP contribution is -1.99. The highest BCUT2D eigenvalue weighted by Gasteiger charge is 2.09. The van der Waals surface area contributed by atoms with Gasteiger partial charge >= 0.3 is 0 Å². The first-order valence-corrected chi connectivity index (χ1v) is 6.01. The molecule has 1 rings (SSSR count). The van der Waals surface area contributed by atoms with E-state index in [1.807, 2.05) is 6.07 Å². The van der Waals surface area contributed by atoms with E-state index in [-0.39, 0.29) is 4.91 Å². The van der Waals surface area contributed by atoms with E-state index >= 15 is 0 Å². The number of hydrogen-bond acceptors (Lipinski definition) is 2. The van der Waals surface area contributed by atoms with Crippen LogP contribution in [0.1, 0.15) is 5.56 Å². The zero-order valence-corrected chi connectivity index (χ0v) is 9.39. The molecule has 0 fully saturated rings. The van der Waals surface area contributed by atoms with E-state index in [1.54, 1.807) is 24.3 Å². The maximum Gasteiger partial charge on any atom is 0.294 e. The summed E-state index contributed by atoms with van der Waals surface area (Å²) in [7, 11) is -4.21. The zero-order chi connectivity index (χ0) is 12.0. The molecule has 0 saturated carbocycles. The van der Waals surface area contributed by atoms with Gasteiger partial charge in [0.15, 0.2) is 0 Å². The van der Waals surface area contributed by atoms with Crippen LogP contribution in [0, 0.1) is 0 Å². The molecule has 0 bridgehead atoms. The van der Waals surface area contributed by atoms with E-state index in [0.717, 1.165) is 0 Å². The molecule has 0 amide bonds. The molecule has 0 spiro atoms. The molecule has 0 saturated heterocycles. The van der Waals surface area contributed by atoms with E-state index in [0.29, 0.717) is 5.56 Å². The van der Waals surface area contributed by atoms with E-state index in [4.69, 9.17) is 4.55 Å². The second-order valence-electron chi connectivity index (χ2n) is 3.03. The first kappa shape index (κ1) is 12.4. The van der Waals surface area contributed by atoms with Crippen molar-refractivity contribution >= 4 is 16.2 Å². The minimum atomic E-state index is -4.21. The summed E-state index contributed by atoms with van der Waals surface area (Å²) in [5.74, 6) is 0. The van der Waals surface area contributed by atoms with Gasteiger partial charge < -0.3 is 0 Å².